The first-order valence-electron chi connectivity index (χ1n) is 7.82. The second-order valence-corrected chi connectivity index (χ2v) is 5.91. The summed E-state index contributed by atoms with van der Waals surface area (Å²) in [6.45, 7) is 8.26. The van der Waals surface area contributed by atoms with E-state index in [1.54, 1.807) is 0 Å². The Balaban J connectivity index is 2.05. The SMILES string of the molecule is CCc1ccc(C(NC(=O)C2COCCN2)C(C)C)cc1. The molecule has 0 bridgehead atoms. The fourth-order valence-corrected chi connectivity index (χ4v) is 2.58. The molecule has 21 heavy (non-hydrogen) atoms. The Morgan fingerprint density at radius 1 is 1.38 bits per heavy atom. The van der Waals surface area contributed by atoms with Crippen LogP contribution in [-0.2, 0) is 16.0 Å². The summed E-state index contributed by atoms with van der Waals surface area (Å²) in [6, 6.07) is 8.31. The molecule has 2 N–H and O–H groups in total. The zero-order valence-electron chi connectivity index (χ0n) is 13.2. The van der Waals surface area contributed by atoms with Gasteiger partial charge in [0.15, 0.2) is 0 Å². The van der Waals surface area contributed by atoms with Crippen molar-refractivity contribution in [3.05, 3.63) is 35.4 Å². The summed E-state index contributed by atoms with van der Waals surface area (Å²) in [7, 11) is 0. The highest BCUT2D eigenvalue weighted by atomic mass is 16.5. The van der Waals surface area contributed by atoms with Crippen molar-refractivity contribution in [3.8, 4) is 0 Å². The molecule has 0 aromatic heterocycles. The van der Waals surface area contributed by atoms with Crippen LogP contribution in [0.25, 0.3) is 0 Å². The van der Waals surface area contributed by atoms with E-state index >= 15 is 0 Å². The maximum Gasteiger partial charge on any atom is 0.240 e. The van der Waals surface area contributed by atoms with E-state index in [1.807, 2.05) is 0 Å². The van der Waals surface area contributed by atoms with Gasteiger partial charge in [-0.3, -0.25) is 4.79 Å². The number of ether oxygens (including phenoxy) is 1. The zero-order chi connectivity index (χ0) is 15.2. The van der Waals surface area contributed by atoms with Gasteiger partial charge in [-0.25, -0.2) is 0 Å². The lowest BCUT2D eigenvalue weighted by Crippen LogP contribution is -2.52. The fraction of sp³-hybridized carbons (Fsp3) is 0.588. The van der Waals surface area contributed by atoms with Crippen molar-refractivity contribution in [3.63, 3.8) is 0 Å². The normalized spacial score (nSPS) is 20.3. The lowest BCUT2D eigenvalue weighted by molar-refractivity contribution is -0.127. The van der Waals surface area contributed by atoms with Gasteiger partial charge in [-0.2, -0.15) is 0 Å². The van der Waals surface area contributed by atoms with E-state index in [2.05, 4.69) is 55.7 Å². The average molecular weight is 290 g/mol. The highest BCUT2D eigenvalue weighted by molar-refractivity contribution is 5.82. The van der Waals surface area contributed by atoms with Gasteiger partial charge in [0.05, 0.1) is 19.3 Å². The van der Waals surface area contributed by atoms with Crippen LogP contribution in [0.1, 0.15) is 37.9 Å². The highest BCUT2D eigenvalue weighted by Gasteiger charge is 2.25. The minimum atomic E-state index is -0.241. The van der Waals surface area contributed by atoms with Crippen LogP contribution in [-0.4, -0.2) is 31.7 Å². The monoisotopic (exact) mass is 290 g/mol. The number of morpholine rings is 1. The summed E-state index contributed by atoms with van der Waals surface area (Å²) in [5.74, 6) is 0.360. The lowest BCUT2D eigenvalue weighted by atomic mass is 9.94. The molecule has 1 aromatic carbocycles. The van der Waals surface area contributed by atoms with E-state index in [9.17, 15) is 4.79 Å². The number of carbonyl (C=O) groups excluding carboxylic acids is 1. The van der Waals surface area contributed by atoms with Gasteiger partial charge >= 0.3 is 0 Å². The van der Waals surface area contributed by atoms with Crippen molar-refractivity contribution in [2.75, 3.05) is 19.8 Å². The van der Waals surface area contributed by atoms with Gasteiger partial charge in [0.2, 0.25) is 5.91 Å². The van der Waals surface area contributed by atoms with Crippen LogP contribution in [0.15, 0.2) is 24.3 Å². The van der Waals surface area contributed by atoms with E-state index in [0.717, 1.165) is 18.5 Å². The van der Waals surface area contributed by atoms with Crippen LogP contribution in [0.5, 0.6) is 0 Å². The zero-order valence-corrected chi connectivity index (χ0v) is 13.2. The molecule has 4 heteroatoms. The second kappa shape index (κ2) is 7.57. The number of hydrogen-bond donors (Lipinski definition) is 2. The molecule has 1 heterocycles. The maximum absolute atomic E-state index is 12.4. The van der Waals surface area contributed by atoms with Gasteiger partial charge < -0.3 is 15.4 Å². The number of hydrogen-bond acceptors (Lipinski definition) is 3. The van der Waals surface area contributed by atoms with E-state index in [-0.39, 0.29) is 18.0 Å². The average Bonchev–Trinajstić information content (AvgIpc) is 2.53. The van der Waals surface area contributed by atoms with E-state index in [1.165, 1.54) is 5.56 Å². The third-order valence-corrected chi connectivity index (χ3v) is 3.95. The summed E-state index contributed by atoms with van der Waals surface area (Å²) >= 11 is 0. The molecule has 1 amide bonds. The molecule has 2 rings (SSSR count). The van der Waals surface area contributed by atoms with Crippen LogP contribution in [0.2, 0.25) is 0 Å². The summed E-state index contributed by atoms with van der Waals surface area (Å²) in [4.78, 5) is 12.4. The van der Waals surface area contributed by atoms with Crippen molar-refractivity contribution in [2.24, 2.45) is 5.92 Å². The molecule has 0 radical (unpaired) electrons. The molecular formula is C17H26N2O2. The number of amides is 1. The first-order chi connectivity index (χ1) is 10.1. The maximum atomic E-state index is 12.4. The first kappa shape index (κ1) is 16.0. The van der Waals surface area contributed by atoms with E-state index in [4.69, 9.17) is 4.74 Å². The smallest absolute Gasteiger partial charge is 0.240 e. The molecule has 1 aliphatic rings. The second-order valence-electron chi connectivity index (χ2n) is 5.91. The Morgan fingerprint density at radius 3 is 2.62 bits per heavy atom. The molecule has 1 aromatic rings. The highest BCUT2D eigenvalue weighted by Crippen LogP contribution is 2.22. The van der Waals surface area contributed by atoms with Crippen LogP contribution >= 0.6 is 0 Å². The van der Waals surface area contributed by atoms with Crippen molar-refractivity contribution >= 4 is 5.91 Å². The van der Waals surface area contributed by atoms with Gasteiger partial charge in [-0.05, 0) is 23.5 Å². The standard InChI is InChI=1S/C17H26N2O2/c1-4-13-5-7-14(8-6-13)16(12(2)3)19-17(20)15-11-21-10-9-18-15/h5-8,12,15-16,18H,4,9-11H2,1-3H3,(H,19,20). The minimum absolute atomic E-state index is 0.0213. The molecule has 0 aliphatic carbocycles. The fourth-order valence-electron chi connectivity index (χ4n) is 2.58. The topological polar surface area (TPSA) is 50.4 Å². The molecule has 2 atom stereocenters. The minimum Gasteiger partial charge on any atom is -0.378 e. The molecule has 116 valence electrons. The molecule has 1 saturated heterocycles. The van der Waals surface area contributed by atoms with Crippen LogP contribution in [0.4, 0.5) is 0 Å². The van der Waals surface area contributed by atoms with Crippen LogP contribution in [0.3, 0.4) is 0 Å². The van der Waals surface area contributed by atoms with Gasteiger partial charge in [0, 0.05) is 6.54 Å². The molecule has 0 saturated carbocycles. The predicted molar refractivity (Wildman–Crippen MR) is 84.2 cm³/mol. The number of carbonyl (C=O) groups is 1. The summed E-state index contributed by atoms with van der Waals surface area (Å²) in [5.41, 5.74) is 2.47. The molecule has 4 nitrogen and oxygen atoms in total. The van der Waals surface area contributed by atoms with Crippen molar-refractivity contribution in [1.82, 2.24) is 10.6 Å². The summed E-state index contributed by atoms with van der Waals surface area (Å²) in [5, 5.41) is 6.35. The quantitative estimate of drug-likeness (QED) is 0.872. The van der Waals surface area contributed by atoms with Crippen LogP contribution < -0.4 is 10.6 Å². The van der Waals surface area contributed by atoms with Gasteiger partial charge in [0.1, 0.15) is 6.04 Å². The van der Waals surface area contributed by atoms with Gasteiger partial charge in [-0.1, -0.05) is 45.0 Å². The number of aryl methyl sites for hydroxylation is 1. The Labute approximate surface area is 127 Å². The molecular weight excluding hydrogens is 264 g/mol. The number of nitrogens with one attached hydrogen (secondary N) is 2. The molecule has 2 unspecified atom stereocenters. The van der Waals surface area contributed by atoms with Crippen molar-refractivity contribution in [2.45, 2.75) is 39.3 Å². The predicted octanol–water partition coefficient (Wildman–Crippen LogP) is 2.05. The Hall–Kier alpha value is -1.39. The third kappa shape index (κ3) is 4.29. The van der Waals surface area contributed by atoms with E-state index < -0.39 is 0 Å². The van der Waals surface area contributed by atoms with Gasteiger partial charge in [-0.15, -0.1) is 0 Å². The molecule has 0 spiro atoms. The third-order valence-electron chi connectivity index (χ3n) is 3.95. The van der Waals surface area contributed by atoms with Crippen molar-refractivity contribution in [1.29, 1.82) is 0 Å². The lowest BCUT2D eigenvalue weighted by Gasteiger charge is -2.28. The Bertz CT molecular complexity index is 450. The van der Waals surface area contributed by atoms with E-state index in [0.29, 0.717) is 19.1 Å². The van der Waals surface area contributed by atoms with Crippen LogP contribution in [0, 0.1) is 5.92 Å². The number of benzene rings is 1. The number of rotatable bonds is 5. The van der Waals surface area contributed by atoms with Crippen molar-refractivity contribution < 1.29 is 9.53 Å². The largest absolute Gasteiger partial charge is 0.378 e. The molecule has 1 fully saturated rings. The first-order valence-corrected chi connectivity index (χ1v) is 7.82. The Kier molecular flexibility index (Phi) is 5.76. The molecule has 1 aliphatic heterocycles. The summed E-state index contributed by atoms with van der Waals surface area (Å²) < 4.78 is 5.36. The summed E-state index contributed by atoms with van der Waals surface area (Å²) in [6.07, 6.45) is 1.03. The van der Waals surface area contributed by atoms with Gasteiger partial charge in [0.25, 0.3) is 0 Å². The Morgan fingerprint density at radius 2 is 2.10 bits per heavy atom.